The summed E-state index contributed by atoms with van der Waals surface area (Å²) in [6, 6.07) is 6.39. The number of hydrogen-bond acceptors (Lipinski definition) is 3. The van der Waals surface area contributed by atoms with Crippen LogP contribution in [0, 0.1) is 5.41 Å². The number of anilines is 1. The van der Waals surface area contributed by atoms with Gasteiger partial charge in [0.15, 0.2) is 0 Å². The Balaban J connectivity index is 1.67. The molecule has 0 radical (unpaired) electrons. The maximum atomic E-state index is 6.22. The Morgan fingerprint density at radius 1 is 1.40 bits per heavy atom. The summed E-state index contributed by atoms with van der Waals surface area (Å²) in [5.41, 5.74) is 2.94. The summed E-state index contributed by atoms with van der Waals surface area (Å²) in [5, 5.41) is 3.47. The first kappa shape index (κ1) is 13.7. The Kier molecular flexibility index (Phi) is 3.88. The fourth-order valence-corrected chi connectivity index (χ4v) is 3.38. The molecule has 0 aromatic heterocycles. The maximum absolute atomic E-state index is 6.22. The van der Waals surface area contributed by atoms with Crippen LogP contribution in [0.2, 0.25) is 0 Å². The van der Waals surface area contributed by atoms with Crippen molar-refractivity contribution in [2.24, 2.45) is 5.41 Å². The molecule has 1 aromatic rings. The summed E-state index contributed by atoms with van der Waals surface area (Å²) >= 11 is 0. The van der Waals surface area contributed by atoms with E-state index in [9.17, 15) is 0 Å². The Hall–Kier alpha value is -1.22. The molecule has 1 N–H and O–H groups in total. The van der Waals surface area contributed by atoms with Gasteiger partial charge in [0.1, 0.15) is 5.75 Å². The number of nitrogens with zero attached hydrogens (tertiary/aromatic N) is 1. The number of benzene rings is 1. The Morgan fingerprint density at radius 2 is 2.30 bits per heavy atom. The van der Waals surface area contributed by atoms with E-state index in [1.54, 1.807) is 0 Å². The topological polar surface area (TPSA) is 24.5 Å². The molecule has 0 bridgehead atoms. The molecule has 0 aliphatic carbocycles. The summed E-state index contributed by atoms with van der Waals surface area (Å²) in [6.07, 6.45) is 3.58. The fraction of sp³-hybridized carbons (Fsp3) is 0.647. The number of fused-ring (bicyclic) bond motifs is 1. The van der Waals surface area contributed by atoms with Gasteiger partial charge >= 0.3 is 0 Å². The van der Waals surface area contributed by atoms with Gasteiger partial charge in [0, 0.05) is 29.8 Å². The third-order valence-electron chi connectivity index (χ3n) is 4.71. The number of hydrogen-bond donors (Lipinski definition) is 1. The number of ether oxygens (including phenoxy) is 1. The van der Waals surface area contributed by atoms with E-state index in [1.165, 1.54) is 30.6 Å². The minimum atomic E-state index is 0.306. The van der Waals surface area contributed by atoms with Gasteiger partial charge in [-0.15, -0.1) is 0 Å². The molecule has 0 spiro atoms. The average molecular weight is 274 g/mol. The van der Waals surface area contributed by atoms with Crippen molar-refractivity contribution < 1.29 is 4.74 Å². The predicted molar refractivity (Wildman–Crippen MR) is 83.6 cm³/mol. The molecule has 1 saturated heterocycles. The first-order valence-electron chi connectivity index (χ1n) is 7.91. The Labute approximate surface area is 122 Å². The highest BCUT2D eigenvalue weighted by molar-refractivity contribution is 5.59. The molecule has 3 nitrogen and oxygen atoms in total. The smallest absolute Gasteiger partial charge is 0.124 e. The summed E-state index contributed by atoms with van der Waals surface area (Å²) in [4.78, 5) is 2.52. The normalized spacial score (nSPS) is 26.1. The van der Waals surface area contributed by atoms with E-state index in [0.29, 0.717) is 5.41 Å². The van der Waals surface area contributed by atoms with Crippen LogP contribution in [-0.4, -0.2) is 37.7 Å². The van der Waals surface area contributed by atoms with Crippen molar-refractivity contribution in [3.8, 4) is 5.75 Å². The van der Waals surface area contributed by atoms with Crippen molar-refractivity contribution >= 4 is 5.69 Å². The van der Waals surface area contributed by atoms with Crippen molar-refractivity contribution in [3.05, 3.63) is 23.8 Å². The minimum Gasteiger partial charge on any atom is -0.493 e. The molecule has 1 atom stereocenters. The first-order chi connectivity index (χ1) is 9.70. The van der Waals surface area contributed by atoms with Crippen LogP contribution in [-0.2, 0) is 6.42 Å². The molecular formula is C17H26N2O. The second-order valence-electron chi connectivity index (χ2n) is 6.53. The van der Waals surface area contributed by atoms with Crippen LogP contribution < -0.4 is 10.1 Å². The molecule has 2 aliphatic heterocycles. The quantitative estimate of drug-likeness (QED) is 0.913. The number of rotatable bonds is 4. The molecule has 20 heavy (non-hydrogen) atoms. The molecule has 1 aromatic carbocycles. The third kappa shape index (κ3) is 2.78. The highest BCUT2D eigenvalue weighted by atomic mass is 16.5. The lowest BCUT2D eigenvalue weighted by Gasteiger charge is -2.27. The zero-order valence-electron chi connectivity index (χ0n) is 12.7. The second-order valence-corrected chi connectivity index (χ2v) is 6.53. The van der Waals surface area contributed by atoms with Gasteiger partial charge in [-0.1, -0.05) is 19.9 Å². The molecule has 1 unspecified atom stereocenters. The summed E-state index contributed by atoms with van der Waals surface area (Å²) < 4.78 is 6.22. The number of likely N-dealkylation sites (tertiary alicyclic amines) is 1. The van der Waals surface area contributed by atoms with Crippen molar-refractivity contribution in [1.82, 2.24) is 4.90 Å². The van der Waals surface area contributed by atoms with Gasteiger partial charge in [0.25, 0.3) is 0 Å². The zero-order chi connectivity index (χ0) is 14.0. The standard InChI is InChI=1S/C17H26N2O/c1-3-19-11-9-17(2,12-19)13-20-16-8-4-7-15-14(16)6-5-10-18-15/h4,7-8,18H,3,5-6,9-13H2,1-2H3. The van der Waals surface area contributed by atoms with Crippen molar-refractivity contribution in [1.29, 1.82) is 0 Å². The lowest BCUT2D eigenvalue weighted by Crippen LogP contribution is -2.30. The van der Waals surface area contributed by atoms with Crippen LogP contribution in [0.1, 0.15) is 32.3 Å². The van der Waals surface area contributed by atoms with E-state index in [2.05, 4.69) is 42.3 Å². The molecule has 2 aliphatic rings. The van der Waals surface area contributed by atoms with Gasteiger partial charge < -0.3 is 15.0 Å². The van der Waals surface area contributed by atoms with Crippen LogP contribution >= 0.6 is 0 Å². The van der Waals surface area contributed by atoms with E-state index in [0.717, 1.165) is 38.4 Å². The summed E-state index contributed by atoms with van der Waals surface area (Å²) in [5.74, 6) is 1.09. The predicted octanol–water partition coefficient (Wildman–Crippen LogP) is 3.16. The molecule has 3 heteroatoms. The molecular weight excluding hydrogens is 248 g/mol. The molecule has 0 saturated carbocycles. The number of nitrogens with one attached hydrogen (secondary N) is 1. The van der Waals surface area contributed by atoms with Crippen LogP contribution in [0.4, 0.5) is 5.69 Å². The monoisotopic (exact) mass is 274 g/mol. The van der Waals surface area contributed by atoms with E-state index < -0.39 is 0 Å². The van der Waals surface area contributed by atoms with Gasteiger partial charge in [-0.25, -0.2) is 0 Å². The molecule has 3 rings (SSSR count). The van der Waals surface area contributed by atoms with Crippen molar-refractivity contribution in [2.45, 2.75) is 33.1 Å². The Bertz CT molecular complexity index is 474. The van der Waals surface area contributed by atoms with Gasteiger partial charge in [-0.3, -0.25) is 0 Å². The zero-order valence-corrected chi connectivity index (χ0v) is 12.7. The SMILES string of the molecule is CCN1CCC(C)(COc2cccc3c2CCCN3)C1. The molecule has 110 valence electrons. The lowest BCUT2D eigenvalue weighted by molar-refractivity contribution is 0.163. The van der Waals surface area contributed by atoms with Gasteiger partial charge in [-0.05, 0) is 44.5 Å². The van der Waals surface area contributed by atoms with Crippen molar-refractivity contribution in [3.63, 3.8) is 0 Å². The van der Waals surface area contributed by atoms with Gasteiger partial charge in [0.2, 0.25) is 0 Å². The Morgan fingerprint density at radius 3 is 3.10 bits per heavy atom. The first-order valence-corrected chi connectivity index (χ1v) is 7.91. The van der Waals surface area contributed by atoms with Gasteiger partial charge in [0.05, 0.1) is 6.61 Å². The minimum absolute atomic E-state index is 0.306. The average Bonchev–Trinajstić information content (AvgIpc) is 2.87. The van der Waals surface area contributed by atoms with Crippen molar-refractivity contribution in [2.75, 3.05) is 38.1 Å². The fourth-order valence-electron chi connectivity index (χ4n) is 3.38. The molecule has 2 heterocycles. The van der Waals surface area contributed by atoms with Crippen LogP contribution in [0.5, 0.6) is 5.75 Å². The van der Waals surface area contributed by atoms with E-state index in [-0.39, 0.29) is 0 Å². The van der Waals surface area contributed by atoms with E-state index >= 15 is 0 Å². The largest absolute Gasteiger partial charge is 0.493 e. The molecule has 1 fully saturated rings. The van der Waals surface area contributed by atoms with E-state index in [4.69, 9.17) is 4.74 Å². The van der Waals surface area contributed by atoms with Crippen LogP contribution in [0.25, 0.3) is 0 Å². The van der Waals surface area contributed by atoms with Crippen LogP contribution in [0.3, 0.4) is 0 Å². The van der Waals surface area contributed by atoms with Crippen LogP contribution in [0.15, 0.2) is 18.2 Å². The maximum Gasteiger partial charge on any atom is 0.124 e. The van der Waals surface area contributed by atoms with Gasteiger partial charge in [-0.2, -0.15) is 0 Å². The van der Waals surface area contributed by atoms with E-state index in [1.807, 2.05) is 0 Å². The highest BCUT2D eigenvalue weighted by Crippen LogP contribution is 2.34. The second kappa shape index (κ2) is 5.65. The third-order valence-corrected chi connectivity index (χ3v) is 4.71. The lowest BCUT2D eigenvalue weighted by atomic mass is 9.91. The highest BCUT2D eigenvalue weighted by Gasteiger charge is 2.34. The molecule has 0 amide bonds. The summed E-state index contributed by atoms with van der Waals surface area (Å²) in [6.45, 7) is 10.0. The summed E-state index contributed by atoms with van der Waals surface area (Å²) in [7, 11) is 0.